The molecule has 0 saturated heterocycles. The monoisotopic (exact) mass is 469 g/mol. The van der Waals surface area contributed by atoms with Crippen molar-refractivity contribution >= 4 is 51.2 Å². The van der Waals surface area contributed by atoms with Gasteiger partial charge in [0.15, 0.2) is 0 Å². The number of nitrogens with one attached hydrogen (secondary N) is 1. The molecule has 2 rings (SSSR count). The molecule has 1 heterocycles. The Bertz CT molecular complexity index is 842. The van der Waals surface area contributed by atoms with Gasteiger partial charge in [0.1, 0.15) is 12.4 Å². The van der Waals surface area contributed by atoms with Crippen LogP contribution in [0, 0.1) is 10.1 Å². The van der Waals surface area contributed by atoms with Crippen LogP contribution in [0.4, 0.5) is 10.5 Å². The summed E-state index contributed by atoms with van der Waals surface area (Å²) in [5, 5.41) is 13.3. The van der Waals surface area contributed by atoms with E-state index >= 15 is 0 Å². The van der Waals surface area contributed by atoms with Crippen molar-refractivity contribution in [2.75, 3.05) is 31.2 Å². The summed E-state index contributed by atoms with van der Waals surface area (Å²) in [5.74, 6) is 0.179. The predicted octanol–water partition coefficient (Wildman–Crippen LogP) is 1.92. The molecule has 11 nitrogen and oxygen atoms in total. The standard InChI is InChI=1S/C18H19N3O8S2/c22-15(7-9-20-16(23)5-6-17(20)24)19-8-11-30-31-12-10-28-18(25)29-14-3-1-13(2-4-14)21(26)27/h1-6H,7-12H2,(H,19,22). The zero-order chi connectivity index (χ0) is 22.6. The topological polar surface area (TPSA) is 145 Å². The molecular formula is C18H19N3O8S2. The Balaban J connectivity index is 1.45. The molecule has 0 atom stereocenters. The molecule has 0 aromatic heterocycles. The van der Waals surface area contributed by atoms with E-state index in [1.165, 1.54) is 58.0 Å². The van der Waals surface area contributed by atoms with Gasteiger partial charge in [0.05, 0.1) is 4.92 Å². The number of imide groups is 1. The van der Waals surface area contributed by atoms with Crippen LogP contribution in [-0.4, -0.2) is 64.9 Å². The van der Waals surface area contributed by atoms with E-state index < -0.39 is 22.9 Å². The minimum absolute atomic E-state index is 0.0433. The molecule has 1 aromatic rings. The summed E-state index contributed by atoms with van der Waals surface area (Å²) in [6.45, 7) is 0.577. The molecule has 0 bridgehead atoms. The van der Waals surface area contributed by atoms with E-state index in [0.29, 0.717) is 18.1 Å². The number of carbonyl (C=O) groups is 4. The zero-order valence-electron chi connectivity index (χ0n) is 16.2. The molecular weight excluding hydrogens is 450 g/mol. The van der Waals surface area contributed by atoms with Crippen LogP contribution in [0.5, 0.6) is 5.75 Å². The van der Waals surface area contributed by atoms with Crippen molar-refractivity contribution < 1.29 is 33.6 Å². The summed E-state index contributed by atoms with van der Waals surface area (Å²) in [7, 11) is 2.92. The molecule has 1 aliphatic heterocycles. The minimum atomic E-state index is -0.906. The normalized spacial score (nSPS) is 12.7. The second-order valence-corrected chi connectivity index (χ2v) is 8.56. The second-order valence-electron chi connectivity index (χ2n) is 5.86. The number of nitro benzene ring substituents is 1. The molecule has 31 heavy (non-hydrogen) atoms. The predicted molar refractivity (Wildman–Crippen MR) is 113 cm³/mol. The van der Waals surface area contributed by atoms with E-state index in [-0.39, 0.29) is 36.9 Å². The molecule has 1 aromatic carbocycles. The first-order valence-electron chi connectivity index (χ1n) is 9.00. The summed E-state index contributed by atoms with van der Waals surface area (Å²) in [4.78, 5) is 57.0. The number of amides is 3. The fourth-order valence-electron chi connectivity index (χ4n) is 2.22. The Morgan fingerprint density at radius 3 is 2.35 bits per heavy atom. The smallest absolute Gasteiger partial charge is 0.433 e. The van der Waals surface area contributed by atoms with Crippen LogP contribution in [-0.2, 0) is 19.1 Å². The van der Waals surface area contributed by atoms with E-state index in [9.17, 15) is 29.3 Å². The van der Waals surface area contributed by atoms with Gasteiger partial charge in [0.2, 0.25) is 5.91 Å². The quantitative estimate of drug-likeness (QED) is 0.0916. The third-order valence-corrected chi connectivity index (χ3v) is 6.06. The number of hydrogen-bond donors (Lipinski definition) is 1. The highest BCUT2D eigenvalue weighted by atomic mass is 33.1. The highest BCUT2D eigenvalue weighted by Gasteiger charge is 2.23. The van der Waals surface area contributed by atoms with Gasteiger partial charge >= 0.3 is 6.16 Å². The van der Waals surface area contributed by atoms with Crippen LogP contribution in [0.15, 0.2) is 36.4 Å². The summed E-state index contributed by atoms with van der Waals surface area (Å²) >= 11 is 0. The molecule has 0 aliphatic carbocycles. The summed E-state index contributed by atoms with van der Waals surface area (Å²) in [5.41, 5.74) is -0.112. The maximum atomic E-state index is 11.7. The van der Waals surface area contributed by atoms with Crippen LogP contribution < -0.4 is 10.1 Å². The Hall–Kier alpha value is -3.06. The zero-order valence-corrected chi connectivity index (χ0v) is 17.8. The average Bonchev–Trinajstić information content (AvgIpc) is 3.06. The number of ether oxygens (including phenoxy) is 2. The van der Waals surface area contributed by atoms with Crippen molar-refractivity contribution in [2.45, 2.75) is 6.42 Å². The second kappa shape index (κ2) is 12.6. The largest absolute Gasteiger partial charge is 0.513 e. The van der Waals surface area contributed by atoms with Gasteiger partial charge in [-0.2, -0.15) is 0 Å². The molecule has 0 radical (unpaired) electrons. The van der Waals surface area contributed by atoms with Gasteiger partial charge in [-0.1, -0.05) is 21.6 Å². The Kier molecular flexibility index (Phi) is 9.84. The van der Waals surface area contributed by atoms with Crippen LogP contribution in [0.1, 0.15) is 6.42 Å². The lowest BCUT2D eigenvalue weighted by atomic mass is 10.3. The van der Waals surface area contributed by atoms with Crippen LogP contribution in [0.2, 0.25) is 0 Å². The third kappa shape index (κ3) is 8.68. The third-order valence-electron chi connectivity index (χ3n) is 3.69. The van der Waals surface area contributed by atoms with Crippen molar-refractivity contribution in [3.8, 4) is 5.75 Å². The van der Waals surface area contributed by atoms with E-state index in [2.05, 4.69) is 5.32 Å². The maximum Gasteiger partial charge on any atom is 0.513 e. The number of benzene rings is 1. The van der Waals surface area contributed by atoms with Gasteiger partial charge in [0, 0.05) is 55.3 Å². The van der Waals surface area contributed by atoms with E-state index in [0.717, 1.165) is 4.90 Å². The molecule has 3 amide bonds. The van der Waals surface area contributed by atoms with E-state index in [4.69, 9.17) is 9.47 Å². The maximum absolute atomic E-state index is 11.7. The molecule has 13 heteroatoms. The Morgan fingerprint density at radius 2 is 1.71 bits per heavy atom. The summed E-state index contributed by atoms with van der Waals surface area (Å²) in [6.07, 6.45) is 1.49. The van der Waals surface area contributed by atoms with Gasteiger partial charge in [-0.25, -0.2) is 4.79 Å². The molecule has 0 fully saturated rings. The van der Waals surface area contributed by atoms with Gasteiger partial charge in [0.25, 0.3) is 17.5 Å². The van der Waals surface area contributed by atoms with Crippen molar-refractivity contribution in [3.63, 3.8) is 0 Å². The van der Waals surface area contributed by atoms with Gasteiger partial charge < -0.3 is 14.8 Å². The summed E-state index contributed by atoms with van der Waals surface area (Å²) < 4.78 is 9.80. The van der Waals surface area contributed by atoms with Gasteiger partial charge in [-0.05, 0) is 12.1 Å². The fraction of sp³-hybridized carbons (Fsp3) is 0.333. The van der Waals surface area contributed by atoms with Gasteiger partial charge in [-0.3, -0.25) is 29.4 Å². The molecule has 0 unspecified atom stereocenters. The minimum Gasteiger partial charge on any atom is -0.433 e. The average molecular weight is 469 g/mol. The lowest BCUT2D eigenvalue weighted by Gasteiger charge is -2.13. The lowest BCUT2D eigenvalue weighted by Crippen LogP contribution is -2.35. The molecule has 166 valence electrons. The number of nitrogens with zero attached hydrogens (tertiary/aromatic N) is 2. The Labute approximate surface area is 185 Å². The first-order valence-corrected chi connectivity index (χ1v) is 11.5. The van der Waals surface area contributed by atoms with Crippen molar-refractivity contribution in [1.82, 2.24) is 10.2 Å². The van der Waals surface area contributed by atoms with Crippen LogP contribution >= 0.6 is 21.6 Å². The van der Waals surface area contributed by atoms with Crippen LogP contribution in [0.25, 0.3) is 0 Å². The van der Waals surface area contributed by atoms with Crippen LogP contribution in [0.3, 0.4) is 0 Å². The molecule has 1 aliphatic rings. The molecule has 0 saturated carbocycles. The van der Waals surface area contributed by atoms with Crippen molar-refractivity contribution in [2.24, 2.45) is 0 Å². The highest BCUT2D eigenvalue weighted by Crippen LogP contribution is 2.20. The highest BCUT2D eigenvalue weighted by molar-refractivity contribution is 8.76. The number of carbonyl (C=O) groups excluding carboxylic acids is 4. The summed E-state index contributed by atoms with van der Waals surface area (Å²) in [6, 6.07) is 5.04. The lowest BCUT2D eigenvalue weighted by molar-refractivity contribution is -0.384. The molecule has 0 spiro atoms. The number of non-ortho nitro benzene ring substituents is 1. The van der Waals surface area contributed by atoms with Crippen molar-refractivity contribution in [3.05, 3.63) is 46.5 Å². The number of nitro groups is 1. The van der Waals surface area contributed by atoms with Crippen molar-refractivity contribution in [1.29, 1.82) is 0 Å². The first kappa shape index (κ1) is 24.2. The number of hydrogen-bond acceptors (Lipinski definition) is 10. The Morgan fingerprint density at radius 1 is 1.06 bits per heavy atom. The van der Waals surface area contributed by atoms with Gasteiger partial charge in [-0.15, -0.1) is 0 Å². The SMILES string of the molecule is O=C(CCN1C(=O)C=CC1=O)NCCSSCCOC(=O)Oc1ccc([N+](=O)[O-])cc1. The molecule has 1 N–H and O–H groups in total. The van der Waals surface area contributed by atoms with E-state index in [1.807, 2.05) is 0 Å². The first-order chi connectivity index (χ1) is 14.9. The fourth-order valence-corrected chi connectivity index (χ4v) is 3.96. The number of rotatable bonds is 12. The van der Waals surface area contributed by atoms with E-state index in [1.54, 1.807) is 0 Å².